The van der Waals surface area contributed by atoms with E-state index in [0.29, 0.717) is 11.5 Å². The molecule has 2 aromatic carbocycles. The molecule has 0 aliphatic carbocycles. The third kappa shape index (κ3) is 4.32. The predicted molar refractivity (Wildman–Crippen MR) is 125 cm³/mol. The second kappa shape index (κ2) is 8.82. The highest BCUT2D eigenvalue weighted by Gasteiger charge is 2.31. The lowest BCUT2D eigenvalue weighted by Crippen LogP contribution is -2.39. The van der Waals surface area contributed by atoms with Gasteiger partial charge in [0.15, 0.2) is 5.82 Å². The summed E-state index contributed by atoms with van der Waals surface area (Å²) >= 11 is 0. The van der Waals surface area contributed by atoms with Crippen molar-refractivity contribution in [2.45, 2.75) is 18.9 Å². The number of halogens is 1. The molecule has 1 amide bonds. The van der Waals surface area contributed by atoms with Crippen molar-refractivity contribution in [2.24, 2.45) is 7.05 Å². The average Bonchev–Trinajstić information content (AvgIpc) is 3.50. The van der Waals surface area contributed by atoms with Crippen LogP contribution in [0.3, 0.4) is 0 Å². The van der Waals surface area contributed by atoms with Gasteiger partial charge < -0.3 is 10.2 Å². The van der Waals surface area contributed by atoms with Crippen molar-refractivity contribution in [3.63, 3.8) is 0 Å². The molecule has 3 heterocycles. The van der Waals surface area contributed by atoms with Gasteiger partial charge in [-0.2, -0.15) is 5.10 Å². The van der Waals surface area contributed by atoms with Crippen molar-refractivity contribution in [1.29, 1.82) is 0 Å². The minimum Gasteiger partial charge on any atom is -0.360 e. The molecule has 2 aromatic heterocycles. The van der Waals surface area contributed by atoms with Gasteiger partial charge in [-0.1, -0.05) is 12.1 Å². The van der Waals surface area contributed by atoms with Crippen LogP contribution in [0.25, 0.3) is 22.5 Å². The summed E-state index contributed by atoms with van der Waals surface area (Å²) in [5.41, 5.74) is 4.51. The van der Waals surface area contributed by atoms with Gasteiger partial charge in [-0.15, -0.1) is 10.2 Å². The number of rotatable bonds is 5. The van der Waals surface area contributed by atoms with Gasteiger partial charge in [-0.25, -0.2) is 4.39 Å². The molecule has 0 saturated carbocycles. The smallest absolute Gasteiger partial charge is 0.248 e. The third-order valence-electron chi connectivity index (χ3n) is 5.93. The molecule has 0 spiro atoms. The highest BCUT2D eigenvalue weighted by atomic mass is 19.1. The number of nitrogens with one attached hydrogen (secondary N) is 1. The minimum absolute atomic E-state index is 0.105. The maximum absolute atomic E-state index is 13.1. The first-order chi connectivity index (χ1) is 16.1. The van der Waals surface area contributed by atoms with Crippen molar-refractivity contribution in [3.05, 3.63) is 78.7 Å². The fourth-order valence-electron chi connectivity index (χ4n) is 4.21. The van der Waals surface area contributed by atoms with E-state index in [0.717, 1.165) is 41.9 Å². The summed E-state index contributed by atoms with van der Waals surface area (Å²) in [5, 5.41) is 15.4. The van der Waals surface area contributed by atoms with Crippen LogP contribution < -0.4 is 10.2 Å². The molecule has 7 nitrogen and oxygen atoms in total. The van der Waals surface area contributed by atoms with Crippen LogP contribution in [0.1, 0.15) is 12.8 Å². The van der Waals surface area contributed by atoms with Crippen LogP contribution >= 0.6 is 0 Å². The molecule has 0 radical (unpaired) electrons. The van der Waals surface area contributed by atoms with Crippen molar-refractivity contribution >= 4 is 17.4 Å². The number of amides is 1. The van der Waals surface area contributed by atoms with E-state index >= 15 is 0 Å². The molecule has 1 fully saturated rings. The Balaban J connectivity index is 1.27. The van der Waals surface area contributed by atoms with Gasteiger partial charge in [0.2, 0.25) is 5.91 Å². The summed E-state index contributed by atoms with van der Waals surface area (Å²) in [5.74, 6) is -0.0142. The van der Waals surface area contributed by atoms with Gasteiger partial charge in [0.25, 0.3) is 0 Å². The highest BCUT2D eigenvalue weighted by Crippen LogP contribution is 2.29. The lowest BCUT2D eigenvalue weighted by atomic mass is 10.1. The Morgan fingerprint density at radius 2 is 1.73 bits per heavy atom. The molecule has 1 unspecified atom stereocenters. The summed E-state index contributed by atoms with van der Waals surface area (Å²) < 4.78 is 15.0. The summed E-state index contributed by atoms with van der Waals surface area (Å²) in [4.78, 5) is 15.1. The maximum Gasteiger partial charge on any atom is 0.248 e. The fraction of sp³-hybridized carbons (Fsp3) is 0.200. The van der Waals surface area contributed by atoms with Crippen molar-refractivity contribution < 1.29 is 9.18 Å². The first-order valence-electron chi connectivity index (χ1n) is 10.8. The van der Waals surface area contributed by atoms with Crippen LogP contribution in [-0.2, 0) is 11.8 Å². The number of hydrogen-bond donors (Lipinski definition) is 1. The summed E-state index contributed by atoms with van der Waals surface area (Å²) in [6.45, 7) is 0.818. The molecule has 0 bridgehead atoms. The quantitative estimate of drug-likeness (QED) is 0.499. The van der Waals surface area contributed by atoms with Crippen molar-refractivity contribution in [3.8, 4) is 22.5 Å². The number of carbonyl (C=O) groups excluding carboxylic acids is 1. The number of nitrogens with zero attached hydrogens (tertiary/aromatic N) is 5. The molecule has 1 aliphatic heterocycles. The maximum atomic E-state index is 13.1. The largest absolute Gasteiger partial charge is 0.360 e. The number of aromatic nitrogens is 4. The molecule has 5 rings (SSSR count). The standard InChI is InChI=1S/C25H23FN6O/c1-31-22(14-15-27-31)18-6-10-20(11-7-18)32-16-2-3-23(32)25(33)28-24-13-12-21(29-30-24)17-4-8-19(26)9-5-17/h4-15,23H,2-3,16H2,1H3,(H,28,30,33). The van der Waals surface area contributed by atoms with Crippen LogP contribution in [0, 0.1) is 5.82 Å². The molecule has 166 valence electrons. The van der Waals surface area contributed by atoms with E-state index in [1.807, 2.05) is 29.9 Å². The molecular weight excluding hydrogens is 419 g/mol. The van der Waals surface area contributed by atoms with Gasteiger partial charge in [0, 0.05) is 31.0 Å². The van der Waals surface area contributed by atoms with E-state index in [2.05, 4.69) is 37.6 Å². The van der Waals surface area contributed by atoms with Gasteiger partial charge in [0.1, 0.15) is 11.9 Å². The molecule has 1 N–H and O–H groups in total. The number of aryl methyl sites for hydroxylation is 1. The molecule has 1 saturated heterocycles. The van der Waals surface area contributed by atoms with Crippen LogP contribution in [0.4, 0.5) is 15.9 Å². The van der Waals surface area contributed by atoms with Crippen LogP contribution in [0.15, 0.2) is 72.9 Å². The Kier molecular flexibility index (Phi) is 5.56. The SMILES string of the molecule is Cn1nccc1-c1ccc(N2CCCC2C(=O)Nc2ccc(-c3ccc(F)cc3)nn2)cc1. The molecule has 8 heteroatoms. The lowest BCUT2D eigenvalue weighted by Gasteiger charge is -2.26. The monoisotopic (exact) mass is 442 g/mol. The van der Waals surface area contributed by atoms with Crippen molar-refractivity contribution in [1.82, 2.24) is 20.0 Å². The van der Waals surface area contributed by atoms with E-state index < -0.39 is 0 Å². The Morgan fingerprint density at radius 1 is 0.970 bits per heavy atom. The fourth-order valence-corrected chi connectivity index (χ4v) is 4.21. The third-order valence-corrected chi connectivity index (χ3v) is 5.93. The van der Waals surface area contributed by atoms with E-state index in [1.165, 1.54) is 12.1 Å². The average molecular weight is 442 g/mol. The molecular formula is C25H23FN6O. The zero-order valence-corrected chi connectivity index (χ0v) is 18.1. The van der Waals surface area contributed by atoms with E-state index in [4.69, 9.17) is 0 Å². The first-order valence-corrected chi connectivity index (χ1v) is 10.8. The Hall–Kier alpha value is -4.07. The van der Waals surface area contributed by atoms with Gasteiger partial charge >= 0.3 is 0 Å². The zero-order chi connectivity index (χ0) is 22.8. The van der Waals surface area contributed by atoms with Crippen molar-refractivity contribution in [2.75, 3.05) is 16.8 Å². The molecule has 4 aromatic rings. The lowest BCUT2D eigenvalue weighted by molar-refractivity contribution is -0.117. The van der Waals surface area contributed by atoms with E-state index in [1.54, 1.807) is 30.5 Å². The van der Waals surface area contributed by atoms with Gasteiger partial charge in [-0.3, -0.25) is 9.48 Å². The number of anilines is 2. The van der Waals surface area contributed by atoms with Gasteiger partial charge in [0.05, 0.1) is 11.4 Å². The Labute approximate surface area is 190 Å². The Bertz CT molecular complexity index is 1250. The first kappa shape index (κ1) is 20.8. The van der Waals surface area contributed by atoms with Gasteiger partial charge in [-0.05, 0) is 73.0 Å². The summed E-state index contributed by atoms with van der Waals surface area (Å²) in [7, 11) is 1.92. The molecule has 1 atom stereocenters. The van der Waals surface area contributed by atoms with Crippen LogP contribution in [-0.4, -0.2) is 38.5 Å². The second-order valence-electron chi connectivity index (χ2n) is 8.04. The predicted octanol–water partition coefficient (Wildman–Crippen LogP) is 4.29. The zero-order valence-electron chi connectivity index (χ0n) is 18.1. The topological polar surface area (TPSA) is 75.9 Å². The van der Waals surface area contributed by atoms with Crippen LogP contribution in [0.5, 0.6) is 0 Å². The number of hydrogen-bond acceptors (Lipinski definition) is 5. The van der Waals surface area contributed by atoms with E-state index in [9.17, 15) is 9.18 Å². The summed E-state index contributed by atoms with van der Waals surface area (Å²) in [6, 6.07) is 19.4. The number of benzene rings is 2. The second-order valence-corrected chi connectivity index (χ2v) is 8.04. The number of carbonyl (C=O) groups is 1. The van der Waals surface area contributed by atoms with E-state index in [-0.39, 0.29) is 17.8 Å². The van der Waals surface area contributed by atoms with Crippen LogP contribution in [0.2, 0.25) is 0 Å². The summed E-state index contributed by atoms with van der Waals surface area (Å²) in [6.07, 6.45) is 3.49. The molecule has 33 heavy (non-hydrogen) atoms. The highest BCUT2D eigenvalue weighted by molar-refractivity contribution is 5.96. The Morgan fingerprint density at radius 3 is 2.39 bits per heavy atom. The normalized spacial score (nSPS) is 15.6. The molecule has 1 aliphatic rings. The minimum atomic E-state index is -0.302.